The minimum absolute atomic E-state index is 0.177. The monoisotopic (exact) mass is 421 g/mol. The van der Waals surface area contributed by atoms with Gasteiger partial charge in [-0.2, -0.15) is 5.10 Å². The Hall–Kier alpha value is -3.22. The van der Waals surface area contributed by atoms with Crippen LogP contribution in [0.2, 0.25) is 0 Å². The van der Waals surface area contributed by atoms with E-state index in [9.17, 15) is 0 Å². The second kappa shape index (κ2) is 10.2. The maximum absolute atomic E-state index is 5.80. The lowest BCUT2D eigenvalue weighted by atomic mass is 10.0. The van der Waals surface area contributed by atoms with Crippen LogP contribution in [0.1, 0.15) is 41.6 Å². The summed E-state index contributed by atoms with van der Waals surface area (Å²) >= 11 is 0. The van der Waals surface area contributed by atoms with Gasteiger partial charge in [-0.1, -0.05) is 18.2 Å². The van der Waals surface area contributed by atoms with Gasteiger partial charge >= 0.3 is 0 Å². The first kappa shape index (κ1) is 21.0. The molecule has 3 aromatic rings. The highest BCUT2D eigenvalue weighted by Gasteiger charge is 2.21. The van der Waals surface area contributed by atoms with Crippen molar-refractivity contribution in [2.45, 2.75) is 45.7 Å². The fourth-order valence-corrected chi connectivity index (χ4v) is 3.88. The molecule has 1 aliphatic heterocycles. The molecule has 164 valence electrons. The lowest BCUT2D eigenvalue weighted by molar-refractivity contribution is 0.261. The van der Waals surface area contributed by atoms with E-state index in [0.29, 0.717) is 6.61 Å². The number of benzene rings is 1. The molecule has 1 aliphatic rings. The summed E-state index contributed by atoms with van der Waals surface area (Å²) < 4.78 is 13.3. The number of nitrogens with zero attached hydrogens (tertiary/aromatic N) is 3. The molecule has 2 N–H and O–H groups in total. The minimum Gasteiger partial charge on any atom is -0.493 e. The summed E-state index contributed by atoms with van der Waals surface area (Å²) in [5.74, 6) is 2.74. The molecule has 31 heavy (non-hydrogen) atoms. The molecule has 7 heteroatoms. The number of ether oxygens (including phenoxy) is 1. The molecule has 3 heterocycles. The maximum atomic E-state index is 5.80. The summed E-state index contributed by atoms with van der Waals surface area (Å²) in [7, 11) is 0. The molecule has 7 nitrogen and oxygen atoms in total. The van der Waals surface area contributed by atoms with E-state index in [1.807, 2.05) is 31.2 Å². The van der Waals surface area contributed by atoms with Crippen LogP contribution in [0.25, 0.3) is 0 Å². The SMILES string of the molecule is Cc1cc(C)n(CCCN=C(NCCc2ccco2)NC2CCOc3ccccc32)n1. The van der Waals surface area contributed by atoms with Gasteiger partial charge in [0.1, 0.15) is 11.5 Å². The normalized spacial score (nSPS) is 15.9. The van der Waals surface area contributed by atoms with Crippen molar-refractivity contribution in [1.82, 2.24) is 20.4 Å². The van der Waals surface area contributed by atoms with Crippen LogP contribution in [0.3, 0.4) is 0 Å². The number of fused-ring (bicyclic) bond motifs is 1. The smallest absolute Gasteiger partial charge is 0.191 e. The third-order valence-electron chi connectivity index (χ3n) is 5.41. The van der Waals surface area contributed by atoms with Crippen LogP contribution in [0.15, 0.2) is 58.1 Å². The molecule has 0 spiro atoms. The van der Waals surface area contributed by atoms with E-state index >= 15 is 0 Å². The number of guanidine groups is 1. The molecule has 0 saturated heterocycles. The zero-order valence-electron chi connectivity index (χ0n) is 18.3. The van der Waals surface area contributed by atoms with Crippen molar-refractivity contribution in [3.8, 4) is 5.75 Å². The number of aliphatic imine (C=N–C) groups is 1. The molecule has 1 aromatic carbocycles. The first-order valence-corrected chi connectivity index (χ1v) is 11.0. The molecule has 1 unspecified atom stereocenters. The summed E-state index contributed by atoms with van der Waals surface area (Å²) in [6.45, 7) is 7.16. The van der Waals surface area contributed by atoms with Crippen LogP contribution in [0.5, 0.6) is 5.75 Å². The highest BCUT2D eigenvalue weighted by atomic mass is 16.5. The Morgan fingerprint density at radius 3 is 2.94 bits per heavy atom. The average molecular weight is 422 g/mol. The van der Waals surface area contributed by atoms with Crippen molar-refractivity contribution in [3.63, 3.8) is 0 Å². The van der Waals surface area contributed by atoms with Gasteiger partial charge in [-0.15, -0.1) is 0 Å². The first-order chi connectivity index (χ1) is 15.2. The van der Waals surface area contributed by atoms with E-state index in [1.165, 1.54) is 11.3 Å². The Bertz CT molecular complexity index is 993. The summed E-state index contributed by atoms with van der Waals surface area (Å²) in [5.41, 5.74) is 3.42. The molecule has 4 rings (SSSR count). The van der Waals surface area contributed by atoms with Gasteiger partial charge in [-0.05, 0) is 44.5 Å². The van der Waals surface area contributed by atoms with Crippen LogP contribution >= 0.6 is 0 Å². The Kier molecular flexibility index (Phi) is 6.92. The minimum atomic E-state index is 0.177. The molecule has 0 saturated carbocycles. The van der Waals surface area contributed by atoms with E-state index in [1.54, 1.807) is 6.26 Å². The van der Waals surface area contributed by atoms with Crippen molar-refractivity contribution in [1.29, 1.82) is 0 Å². The number of aryl methyl sites for hydroxylation is 3. The third-order valence-corrected chi connectivity index (χ3v) is 5.41. The highest BCUT2D eigenvalue weighted by Crippen LogP contribution is 2.31. The fourth-order valence-electron chi connectivity index (χ4n) is 3.88. The fraction of sp³-hybridized carbons (Fsp3) is 0.417. The number of hydrogen-bond acceptors (Lipinski definition) is 4. The number of hydrogen-bond donors (Lipinski definition) is 2. The molecule has 0 bridgehead atoms. The zero-order valence-corrected chi connectivity index (χ0v) is 18.3. The zero-order chi connectivity index (χ0) is 21.5. The molecule has 0 fully saturated rings. The molecule has 0 aliphatic carbocycles. The second-order valence-corrected chi connectivity index (χ2v) is 7.86. The summed E-state index contributed by atoms with van der Waals surface area (Å²) in [6.07, 6.45) is 4.35. The Balaban J connectivity index is 1.38. The van der Waals surface area contributed by atoms with Crippen LogP contribution in [0.4, 0.5) is 0 Å². The largest absolute Gasteiger partial charge is 0.493 e. The second-order valence-electron chi connectivity index (χ2n) is 7.86. The maximum Gasteiger partial charge on any atom is 0.191 e. The quantitative estimate of drug-likeness (QED) is 0.329. The van der Waals surface area contributed by atoms with Crippen LogP contribution in [0, 0.1) is 13.8 Å². The van der Waals surface area contributed by atoms with Crippen LogP contribution in [-0.2, 0) is 13.0 Å². The van der Waals surface area contributed by atoms with E-state index in [0.717, 1.165) is 62.1 Å². The van der Waals surface area contributed by atoms with E-state index in [2.05, 4.69) is 45.5 Å². The van der Waals surface area contributed by atoms with Gasteiger partial charge < -0.3 is 19.8 Å². The van der Waals surface area contributed by atoms with Gasteiger partial charge in [0.15, 0.2) is 5.96 Å². The average Bonchev–Trinajstić information content (AvgIpc) is 3.40. The number of nitrogens with one attached hydrogen (secondary N) is 2. The molecule has 1 atom stereocenters. The molecule has 2 aromatic heterocycles. The molecular weight excluding hydrogens is 390 g/mol. The van der Waals surface area contributed by atoms with Gasteiger partial charge in [0.25, 0.3) is 0 Å². The number of rotatable bonds is 8. The predicted octanol–water partition coefficient (Wildman–Crippen LogP) is 3.78. The number of aromatic nitrogens is 2. The van der Waals surface area contributed by atoms with Crippen molar-refractivity contribution in [2.75, 3.05) is 19.7 Å². The van der Waals surface area contributed by atoms with E-state index in [-0.39, 0.29) is 6.04 Å². The molecule has 0 amide bonds. The van der Waals surface area contributed by atoms with Gasteiger partial charge in [0, 0.05) is 43.7 Å². The van der Waals surface area contributed by atoms with Gasteiger partial charge in [0.2, 0.25) is 0 Å². The van der Waals surface area contributed by atoms with E-state index in [4.69, 9.17) is 14.1 Å². The van der Waals surface area contributed by atoms with Crippen molar-refractivity contribution >= 4 is 5.96 Å². The van der Waals surface area contributed by atoms with Gasteiger partial charge in [-0.25, -0.2) is 0 Å². The number of para-hydroxylation sites is 1. The molecular formula is C24H31N5O2. The number of furan rings is 1. The van der Waals surface area contributed by atoms with Crippen molar-refractivity contribution in [2.24, 2.45) is 4.99 Å². The standard InChI is InChI=1S/C24H31N5O2/c1-18-17-19(2)29(28-18)14-6-12-25-24(26-13-10-20-7-5-15-30-20)27-22-11-16-31-23-9-4-3-8-21(22)23/h3-5,7-9,15,17,22H,6,10-14,16H2,1-2H3,(H2,25,26,27). The Morgan fingerprint density at radius 1 is 1.23 bits per heavy atom. The summed E-state index contributed by atoms with van der Waals surface area (Å²) in [4.78, 5) is 4.84. The topological polar surface area (TPSA) is 76.6 Å². The van der Waals surface area contributed by atoms with Crippen LogP contribution < -0.4 is 15.4 Å². The Morgan fingerprint density at radius 2 is 2.13 bits per heavy atom. The van der Waals surface area contributed by atoms with Crippen molar-refractivity contribution in [3.05, 3.63) is 71.4 Å². The lowest BCUT2D eigenvalue weighted by Gasteiger charge is -2.28. The lowest BCUT2D eigenvalue weighted by Crippen LogP contribution is -2.42. The van der Waals surface area contributed by atoms with Gasteiger partial charge in [-0.3, -0.25) is 9.67 Å². The summed E-state index contributed by atoms with van der Waals surface area (Å²) in [6, 6.07) is 14.4. The van der Waals surface area contributed by atoms with E-state index < -0.39 is 0 Å². The third kappa shape index (κ3) is 5.69. The van der Waals surface area contributed by atoms with Crippen LogP contribution in [-0.4, -0.2) is 35.4 Å². The predicted molar refractivity (Wildman–Crippen MR) is 121 cm³/mol. The first-order valence-electron chi connectivity index (χ1n) is 11.0. The van der Waals surface area contributed by atoms with Gasteiger partial charge in [0.05, 0.1) is 24.6 Å². The van der Waals surface area contributed by atoms with Crippen molar-refractivity contribution < 1.29 is 9.15 Å². The highest BCUT2D eigenvalue weighted by molar-refractivity contribution is 5.80. The summed E-state index contributed by atoms with van der Waals surface area (Å²) in [5, 5.41) is 11.6. The Labute approximate surface area is 183 Å². The molecule has 0 radical (unpaired) electrons.